The predicted octanol–water partition coefficient (Wildman–Crippen LogP) is -2.60. The van der Waals surface area contributed by atoms with E-state index in [-0.39, 0.29) is 12.8 Å². The number of hydrogen-bond acceptors (Lipinski definition) is 8. The zero-order valence-corrected chi connectivity index (χ0v) is 19.8. The molecular weight excluding hydrogens is 456 g/mol. The monoisotopic (exact) mass is 490 g/mol. The Morgan fingerprint density at radius 3 is 1.88 bits per heavy atom. The molecule has 4 atom stereocenters. The van der Waals surface area contributed by atoms with Crippen LogP contribution < -0.4 is 33.2 Å². The number of nitrogens with one attached hydrogen (secondary N) is 3. The number of carbonyl (C=O) groups excluding carboxylic acids is 5. The smallest absolute Gasteiger partial charge is 0.326 e. The molecule has 0 aliphatic rings. The Kier molecular flexibility index (Phi) is 13.7. The van der Waals surface area contributed by atoms with Gasteiger partial charge in [-0.3, -0.25) is 24.0 Å². The fourth-order valence-corrected chi connectivity index (χ4v) is 3.15. The third-order valence-electron chi connectivity index (χ3n) is 4.55. The Labute approximate surface area is 196 Å². The molecule has 4 unspecified atom stereocenters. The van der Waals surface area contributed by atoms with Gasteiger partial charge in [0.1, 0.15) is 18.1 Å². The third kappa shape index (κ3) is 12.1. The third-order valence-corrected chi connectivity index (χ3v) is 5.19. The van der Waals surface area contributed by atoms with Crippen molar-refractivity contribution in [1.82, 2.24) is 16.0 Å². The van der Waals surface area contributed by atoms with Crippen molar-refractivity contribution >= 4 is 47.3 Å². The Morgan fingerprint density at radius 2 is 1.42 bits per heavy atom. The molecule has 10 N–H and O–H groups in total. The van der Waals surface area contributed by atoms with Crippen LogP contribution in [0.25, 0.3) is 0 Å². The van der Waals surface area contributed by atoms with Crippen LogP contribution in [0.1, 0.15) is 39.5 Å². The van der Waals surface area contributed by atoms with E-state index in [1.54, 1.807) is 13.8 Å². The lowest BCUT2D eigenvalue weighted by Crippen LogP contribution is -2.58. The van der Waals surface area contributed by atoms with Gasteiger partial charge >= 0.3 is 5.97 Å². The first-order valence-electron chi connectivity index (χ1n) is 10.2. The standard InChI is InChI=1S/C19H34N6O7S/c1-9(2)15(18(30)24-12(19(31)32)8-14(22)27)25-17(29)11(4-5-13(21)26)23-16(28)10(20)6-7-33-3/h9-12,15H,4-8,20H2,1-3H3,(H2,21,26)(H2,22,27)(H,23,28)(H,24,30)(H,25,29)(H,31,32). The van der Waals surface area contributed by atoms with E-state index in [2.05, 4.69) is 16.0 Å². The van der Waals surface area contributed by atoms with Crippen LogP contribution in [0.5, 0.6) is 0 Å². The molecule has 0 aliphatic heterocycles. The Morgan fingerprint density at radius 1 is 0.848 bits per heavy atom. The average molecular weight is 491 g/mol. The van der Waals surface area contributed by atoms with E-state index in [0.29, 0.717) is 12.2 Å². The SMILES string of the molecule is CSCCC(N)C(=O)NC(CCC(N)=O)C(=O)NC(C(=O)NC(CC(N)=O)C(=O)O)C(C)C. The number of carbonyl (C=O) groups is 6. The van der Waals surface area contributed by atoms with Gasteiger partial charge in [-0.25, -0.2) is 4.79 Å². The Hall–Kier alpha value is -2.87. The summed E-state index contributed by atoms with van der Waals surface area (Å²) in [7, 11) is 0. The van der Waals surface area contributed by atoms with E-state index in [4.69, 9.17) is 17.2 Å². The highest BCUT2D eigenvalue weighted by Gasteiger charge is 2.32. The number of amides is 5. The second-order valence-corrected chi connectivity index (χ2v) is 8.74. The van der Waals surface area contributed by atoms with Crippen LogP contribution in [0.15, 0.2) is 0 Å². The fraction of sp³-hybridized carbons (Fsp3) is 0.684. The summed E-state index contributed by atoms with van der Waals surface area (Å²) in [5.74, 6) is -5.21. The zero-order valence-electron chi connectivity index (χ0n) is 19.0. The van der Waals surface area contributed by atoms with E-state index in [1.807, 2.05) is 6.26 Å². The van der Waals surface area contributed by atoms with Crippen molar-refractivity contribution in [3.63, 3.8) is 0 Å². The molecule has 5 amide bonds. The number of nitrogens with two attached hydrogens (primary N) is 3. The molecule has 0 aromatic carbocycles. The lowest BCUT2D eigenvalue weighted by atomic mass is 10.0. The maximum absolute atomic E-state index is 12.9. The van der Waals surface area contributed by atoms with E-state index in [0.717, 1.165) is 0 Å². The van der Waals surface area contributed by atoms with Gasteiger partial charge in [-0.2, -0.15) is 11.8 Å². The predicted molar refractivity (Wildman–Crippen MR) is 121 cm³/mol. The molecule has 0 aliphatic carbocycles. The minimum atomic E-state index is -1.58. The van der Waals surface area contributed by atoms with Crippen molar-refractivity contribution in [2.45, 2.75) is 63.7 Å². The van der Waals surface area contributed by atoms with Crippen LogP contribution in [0.3, 0.4) is 0 Å². The van der Waals surface area contributed by atoms with Crippen LogP contribution in [0.2, 0.25) is 0 Å². The molecule has 0 saturated carbocycles. The molecule has 0 rings (SSSR count). The molecule has 14 heteroatoms. The highest BCUT2D eigenvalue weighted by atomic mass is 32.2. The van der Waals surface area contributed by atoms with E-state index < -0.39 is 72.0 Å². The average Bonchev–Trinajstić information content (AvgIpc) is 2.71. The molecule has 33 heavy (non-hydrogen) atoms. The van der Waals surface area contributed by atoms with Gasteiger partial charge in [0.05, 0.1) is 12.5 Å². The second-order valence-electron chi connectivity index (χ2n) is 7.75. The van der Waals surface area contributed by atoms with Crippen LogP contribution in [-0.2, 0) is 28.8 Å². The second kappa shape index (κ2) is 15.1. The molecule has 0 radical (unpaired) electrons. The quantitative estimate of drug-likeness (QED) is 0.120. The summed E-state index contributed by atoms with van der Waals surface area (Å²) in [4.78, 5) is 71.4. The van der Waals surface area contributed by atoms with Gasteiger partial charge in [0.2, 0.25) is 29.5 Å². The summed E-state index contributed by atoms with van der Waals surface area (Å²) in [6.45, 7) is 3.20. The summed E-state index contributed by atoms with van der Waals surface area (Å²) >= 11 is 1.50. The largest absolute Gasteiger partial charge is 0.480 e. The van der Waals surface area contributed by atoms with E-state index >= 15 is 0 Å². The van der Waals surface area contributed by atoms with Gasteiger partial charge in [0, 0.05) is 6.42 Å². The van der Waals surface area contributed by atoms with Gasteiger partial charge < -0.3 is 38.3 Å². The maximum Gasteiger partial charge on any atom is 0.326 e. The number of thioether (sulfide) groups is 1. The number of hydrogen-bond donors (Lipinski definition) is 7. The topological polar surface area (TPSA) is 237 Å². The van der Waals surface area contributed by atoms with Crippen LogP contribution in [-0.4, -0.2) is 76.8 Å². The lowest BCUT2D eigenvalue weighted by molar-refractivity contribution is -0.144. The highest BCUT2D eigenvalue weighted by Crippen LogP contribution is 2.07. The summed E-state index contributed by atoms with van der Waals surface area (Å²) in [5.41, 5.74) is 16.0. The molecule has 0 spiro atoms. The van der Waals surface area contributed by atoms with Crippen molar-refractivity contribution in [3.8, 4) is 0 Å². The van der Waals surface area contributed by atoms with Crippen molar-refractivity contribution in [3.05, 3.63) is 0 Å². The summed E-state index contributed by atoms with van der Waals surface area (Å²) < 4.78 is 0. The minimum Gasteiger partial charge on any atom is -0.480 e. The normalized spacial score (nSPS) is 14.5. The van der Waals surface area contributed by atoms with Gasteiger partial charge in [0.15, 0.2) is 0 Å². The Balaban J connectivity index is 5.45. The molecular formula is C19H34N6O7S. The highest BCUT2D eigenvalue weighted by molar-refractivity contribution is 7.98. The van der Waals surface area contributed by atoms with E-state index in [1.165, 1.54) is 11.8 Å². The number of primary amides is 2. The van der Waals surface area contributed by atoms with Gasteiger partial charge in [-0.15, -0.1) is 0 Å². The van der Waals surface area contributed by atoms with Crippen molar-refractivity contribution in [1.29, 1.82) is 0 Å². The molecule has 0 aromatic rings. The molecule has 0 heterocycles. The van der Waals surface area contributed by atoms with Gasteiger partial charge in [0.25, 0.3) is 0 Å². The van der Waals surface area contributed by atoms with Crippen molar-refractivity contribution in [2.24, 2.45) is 23.1 Å². The van der Waals surface area contributed by atoms with Crippen molar-refractivity contribution in [2.75, 3.05) is 12.0 Å². The minimum absolute atomic E-state index is 0.131. The molecule has 188 valence electrons. The van der Waals surface area contributed by atoms with Crippen molar-refractivity contribution < 1.29 is 33.9 Å². The fourth-order valence-electron chi connectivity index (χ4n) is 2.66. The first kappa shape index (κ1) is 30.1. The van der Waals surface area contributed by atoms with Gasteiger partial charge in [-0.1, -0.05) is 13.8 Å². The first-order chi connectivity index (χ1) is 15.3. The van der Waals surface area contributed by atoms with Crippen LogP contribution in [0.4, 0.5) is 0 Å². The molecule has 0 fully saturated rings. The number of rotatable bonds is 16. The van der Waals surface area contributed by atoms with Crippen LogP contribution in [0, 0.1) is 5.92 Å². The first-order valence-corrected chi connectivity index (χ1v) is 11.6. The number of carboxylic acids is 1. The van der Waals surface area contributed by atoms with Gasteiger partial charge in [-0.05, 0) is 30.8 Å². The summed E-state index contributed by atoms with van der Waals surface area (Å²) in [6, 6.07) is -4.87. The van der Waals surface area contributed by atoms with Crippen LogP contribution >= 0.6 is 11.8 Å². The number of aliphatic carboxylic acids is 1. The zero-order chi connectivity index (χ0) is 25.7. The lowest BCUT2D eigenvalue weighted by Gasteiger charge is -2.27. The summed E-state index contributed by atoms with van der Waals surface area (Å²) in [5, 5.41) is 16.3. The molecule has 0 bridgehead atoms. The van der Waals surface area contributed by atoms with E-state index in [9.17, 15) is 33.9 Å². The molecule has 0 aromatic heterocycles. The molecule has 0 saturated heterocycles. The molecule has 13 nitrogen and oxygen atoms in total. The summed E-state index contributed by atoms with van der Waals surface area (Å²) in [6.07, 6.45) is 1.24. The maximum atomic E-state index is 12.9. The number of carboxylic acid groups (broad SMARTS) is 1. The Bertz CT molecular complexity index is 733.